The van der Waals surface area contributed by atoms with E-state index in [9.17, 15) is 0 Å². The van der Waals surface area contributed by atoms with Crippen LogP contribution in [0.5, 0.6) is 0 Å². The van der Waals surface area contributed by atoms with Gasteiger partial charge in [-0.05, 0) is 30.7 Å². The average Bonchev–Trinajstić information content (AvgIpc) is 2.52. The molecule has 14 heavy (non-hydrogen) atoms. The fraction of sp³-hybridized carbons (Fsp3) is 0.750. The molecule has 0 N–H and O–H groups in total. The van der Waals surface area contributed by atoms with E-state index in [2.05, 4.69) is 21.6 Å². The molecule has 0 unspecified atom stereocenters. The summed E-state index contributed by atoms with van der Waals surface area (Å²) in [6, 6.07) is 2.26. The number of aromatic nitrogens is 4. The molecule has 1 heterocycles. The van der Waals surface area contributed by atoms with Gasteiger partial charge in [0.15, 0.2) is 0 Å². The number of aryl methyl sites for hydroxylation is 1. The molecule has 0 aliphatic carbocycles. The Balaban J connectivity index is 2.37. The molecule has 1 aromatic heterocycles. The van der Waals surface area contributed by atoms with E-state index in [1.54, 1.807) is 23.5 Å². The Morgan fingerprint density at radius 1 is 1.57 bits per heavy atom. The van der Waals surface area contributed by atoms with Gasteiger partial charge in [-0.25, -0.2) is 4.68 Å². The minimum Gasteiger partial charge on any atom is -0.224 e. The van der Waals surface area contributed by atoms with Crippen LogP contribution in [0.1, 0.15) is 20.3 Å². The van der Waals surface area contributed by atoms with E-state index in [1.807, 2.05) is 13.8 Å². The quantitative estimate of drug-likeness (QED) is 0.701. The van der Waals surface area contributed by atoms with Crippen LogP contribution in [0.15, 0.2) is 5.16 Å². The number of thioether (sulfide) groups is 1. The van der Waals surface area contributed by atoms with Crippen LogP contribution in [0.2, 0.25) is 0 Å². The van der Waals surface area contributed by atoms with Crippen LogP contribution >= 0.6 is 11.8 Å². The maximum atomic E-state index is 8.80. The van der Waals surface area contributed by atoms with Gasteiger partial charge in [0.1, 0.15) is 0 Å². The molecule has 0 aliphatic heterocycles. The largest absolute Gasteiger partial charge is 0.224 e. The zero-order chi connectivity index (χ0) is 10.6. The normalized spacial score (nSPS) is 11.3. The van der Waals surface area contributed by atoms with Crippen LogP contribution in [-0.2, 0) is 7.05 Å². The molecule has 76 valence electrons. The van der Waals surface area contributed by atoms with Crippen molar-refractivity contribution in [3.63, 3.8) is 0 Å². The summed E-state index contributed by atoms with van der Waals surface area (Å²) in [6.45, 7) is 3.87. The van der Waals surface area contributed by atoms with Crippen LogP contribution in [-0.4, -0.2) is 26.0 Å². The summed E-state index contributed by atoms with van der Waals surface area (Å²) in [5.74, 6) is 0.856. The van der Waals surface area contributed by atoms with Crippen molar-refractivity contribution in [3.8, 4) is 6.07 Å². The predicted octanol–water partition coefficient (Wildman–Crippen LogP) is 1.24. The Labute approximate surface area is 87.5 Å². The smallest absolute Gasteiger partial charge is 0.209 e. The van der Waals surface area contributed by atoms with E-state index in [1.165, 1.54) is 0 Å². The summed E-state index contributed by atoms with van der Waals surface area (Å²) in [5, 5.41) is 20.7. The van der Waals surface area contributed by atoms with Gasteiger partial charge in [0.25, 0.3) is 0 Å². The standard InChI is InChI=1S/C8H13N5S/c1-8(2,6-9)4-5-14-7-10-11-12-13(7)3/h4-5H2,1-3H3. The predicted molar refractivity (Wildman–Crippen MR) is 53.5 cm³/mol. The van der Waals surface area contributed by atoms with Crippen molar-refractivity contribution in [1.29, 1.82) is 5.26 Å². The van der Waals surface area contributed by atoms with E-state index < -0.39 is 0 Å². The molecule has 0 atom stereocenters. The highest BCUT2D eigenvalue weighted by Crippen LogP contribution is 2.23. The van der Waals surface area contributed by atoms with Gasteiger partial charge < -0.3 is 0 Å². The summed E-state index contributed by atoms with van der Waals surface area (Å²) < 4.78 is 1.63. The summed E-state index contributed by atoms with van der Waals surface area (Å²) in [7, 11) is 1.80. The second-order valence-corrected chi connectivity index (χ2v) is 4.74. The van der Waals surface area contributed by atoms with Gasteiger partial charge in [-0.1, -0.05) is 11.8 Å². The molecule has 1 rings (SSSR count). The summed E-state index contributed by atoms with van der Waals surface area (Å²) in [6.07, 6.45) is 0.834. The SMILES string of the molecule is Cn1nnnc1SCCC(C)(C)C#N. The molecule has 1 aromatic rings. The molecule has 5 nitrogen and oxygen atoms in total. The van der Waals surface area contributed by atoms with Crippen LogP contribution in [0.3, 0.4) is 0 Å². The van der Waals surface area contributed by atoms with E-state index in [0.29, 0.717) is 0 Å². The molecule has 0 saturated heterocycles. The minimum atomic E-state index is -0.265. The molecule has 0 aliphatic rings. The molecule has 0 spiro atoms. The third-order valence-electron chi connectivity index (χ3n) is 1.84. The maximum absolute atomic E-state index is 8.80. The van der Waals surface area contributed by atoms with Crippen LogP contribution in [0.4, 0.5) is 0 Å². The summed E-state index contributed by atoms with van der Waals surface area (Å²) >= 11 is 1.57. The van der Waals surface area contributed by atoms with Gasteiger partial charge in [-0.15, -0.1) is 5.10 Å². The van der Waals surface area contributed by atoms with Crippen LogP contribution in [0.25, 0.3) is 0 Å². The molecule has 6 heteroatoms. The molecule has 0 aromatic carbocycles. The van der Waals surface area contributed by atoms with Gasteiger partial charge in [0.2, 0.25) is 5.16 Å². The zero-order valence-electron chi connectivity index (χ0n) is 8.56. The number of hydrogen-bond donors (Lipinski definition) is 0. The Kier molecular flexibility index (Phi) is 3.47. The number of tetrazole rings is 1. The first kappa shape index (κ1) is 11.0. The highest BCUT2D eigenvalue weighted by Gasteiger charge is 2.16. The number of nitrogens with zero attached hydrogens (tertiary/aromatic N) is 5. The van der Waals surface area contributed by atoms with Crippen molar-refractivity contribution in [2.45, 2.75) is 25.4 Å². The van der Waals surface area contributed by atoms with Gasteiger partial charge in [-0.2, -0.15) is 5.26 Å². The number of rotatable bonds is 4. The van der Waals surface area contributed by atoms with Crippen molar-refractivity contribution in [2.75, 3.05) is 5.75 Å². The summed E-state index contributed by atoms with van der Waals surface area (Å²) in [4.78, 5) is 0. The Hall–Kier alpha value is -1.09. The molecular formula is C8H13N5S. The second kappa shape index (κ2) is 4.42. The minimum absolute atomic E-state index is 0.265. The highest BCUT2D eigenvalue weighted by atomic mass is 32.2. The fourth-order valence-electron chi connectivity index (χ4n) is 0.797. The maximum Gasteiger partial charge on any atom is 0.209 e. The lowest BCUT2D eigenvalue weighted by molar-refractivity contribution is 0.481. The molecule has 0 amide bonds. The van der Waals surface area contributed by atoms with Crippen LogP contribution < -0.4 is 0 Å². The fourth-order valence-corrected chi connectivity index (χ4v) is 1.91. The lowest BCUT2D eigenvalue weighted by Crippen LogP contribution is -2.09. The number of hydrogen-bond acceptors (Lipinski definition) is 5. The van der Waals surface area contributed by atoms with Gasteiger partial charge >= 0.3 is 0 Å². The van der Waals surface area contributed by atoms with Gasteiger partial charge in [-0.3, -0.25) is 0 Å². The lowest BCUT2D eigenvalue weighted by Gasteiger charge is -2.13. The van der Waals surface area contributed by atoms with Crippen molar-refractivity contribution >= 4 is 11.8 Å². The Morgan fingerprint density at radius 2 is 2.29 bits per heavy atom. The van der Waals surface area contributed by atoms with Crippen molar-refractivity contribution in [2.24, 2.45) is 12.5 Å². The van der Waals surface area contributed by atoms with Crippen molar-refractivity contribution in [1.82, 2.24) is 20.2 Å². The second-order valence-electron chi connectivity index (χ2n) is 3.68. The first-order valence-corrected chi connectivity index (χ1v) is 5.30. The van der Waals surface area contributed by atoms with E-state index in [-0.39, 0.29) is 5.41 Å². The molecule has 0 bridgehead atoms. The lowest BCUT2D eigenvalue weighted by atomic mass is 9.93. The topological polar surface area (TPSA) is 67.4 Å². The number of nitriles is 1. The molecule has 0 saturated carbocycles. The van der Waals surface area contributed by atoms with Crippen molar-refractivity contribution < 1.29 is 0 Å². The highest BCUT2D eigenvalue weighted by molar-refractivity contribution is 7.99. The van der Waals surface area contributed by atoms with Gasteiger partial charge in [0, 0.05) is 12.8 Å². The van der Waals surface area contributed by atoms with E-state index in [4.69, 9.17) is 5.26 Å². The van der Waals surface area contributed by atoms with E-state index in [0.717, 1.165) is 17.3 Å². The third-order valence-corrected chi connectivity index (χ3v) is 2.85. The van der Waals surface area contributed by atoms with E-state index >= 15 is 0 Å². The molecule has 0 radical (unpaired) electrons. The third kappa shape index (κ3) is 3.00. The Morgan fingerprint density at radius 3 is 2.79 bits per heavy atom. The first-order valence-electron chi connectivity index (χ1n) is 4.31. The molecular weight excluding hydrogens is 198 g/mol. The monoisotopic (exact) mass is 211 g/mol. The first-order chi connectivity index (χ1) is 6.55. The average molecular weight is 211 g/mol. The molecule has 0 fully saturated rings. The van der Waals surface area contributed by atoms with Gasteiger partial charge in [0.05, 0.1) is 11.5 Å². The van der Waals surface area contributed by atoms with Crippen molar-refractivity contribution in [3.05, 3.63) is 0 Å². The zero-order valence-corrected chi connectivity index (χ0v) is 9.38. The Bertz CT molecular complexity index is 338. The summed E-state index contributed by atoms with van der Waals surface area (Å²) in [5.41, 5.74) is -0.265. The van der Waals surface area contributed by atoms with Crippen LogP contribution in [0, 0.1) is 16.7 Å².